The van der Waals surface area contributed by atoms with E-state index in [1.54, 1.807) is 26.0 Å². The molecule has 0 unspecified atom stereocenters. The SMILES string of the molecule is Cc1noc(COc2cnc(C(=O)Nc3cc(C)c(F)c([C@@]4(C)N=C(N)S[C@H]5C[C@H]54)c3)cn2)n1. The minimum absolute atomic E-state index is 0.0326. The molecule has 10 nitrogen and oxygen atoms in total. The van der Waals surface area contributed by atoms with Crippen molar-refractivity contribution in [3.05, 3.63) is 58.9 Å². The van der Waals surface area contributed by atoms with Crippen molar-refractivity contribution < 1.29 is 18.4 Å². The Kier molecular flexibility index (Phi) is 5.47. The molecule has 1 fully saturated rings. The third-order valence-electron chi connectivity index (χ3n) is 5.90. The first-order valence-corrected chi connectivity index (χ1v) is 11.5. The number of amidine groups is 1. The second-order valence-corrected chi connectivity index (χ2v) is 9.73. The van der Waals surface area contributed by atoms with Crippen LogP contribution in [0.15, 0.2) is 34.0 Å². The lowest BCUT2D eigenvalue weighted by Gasteiger charge is -2.31. The quantitative estimate of drug-likeness (QED) is 0.541. The number of ether oxygens (including phenoxy) is 1. The molecular weight excluding hydrogens is 461 g/mol. The molecule has 2 aromatic heterocycles. The van der Waals surface area contributed by atoms with Crippen molar-refractivity contribution in [3.8, 4) is 5.88 Å². The number of hydrogen-bond acceptors (Lipinski definition) is 10. The molecule has 1 aromatic carbocycles. The van der Waals surface area contributed by atoms with E-state index in [9.17, 15) is 4.79 Å². The highest BCUT2D eigenvalue weighted by molar-refractivity contribution is 8.14. The van der Waals surface area contributed by atoms with Crippen molar-refractivity contribution in [2.45, 2.75) is 44.6 Å². The summed E-state index contributed by atoms with van der Waals surface area (Å²) < 4.78 is 25.6. The fourth-order valence-corrected chi connectivity index (χ4v) is 5.38. The van der Waals surface area contributed by atoms with Crippen LogP contribution in [0.2, 0.25) is 0 Å². The number of fused-ring (bicyclic) bond motifs is 1. The minimum atomic E-state index is -0.773. The zero-order valence-corrected chi connectivity index (χ0v) is 19.5. The van der Waals surface area contributed by atoms with Crippen LogP contribution in [-0.2, 0) is 12.1 Å². The maximum absolute atomic E-state index is 15.2. The summed E-state index contributed by atoms with van der Waals surface area (Å²) in [6, 6.07) is 3.20. The lowest BCUT2D eigenvalue weighted by atomic mass is 9.85. The fraction of sp³-hybridized carbons (Fsp3) is 0.364. The largest absolute Gasteiger partial charge is 0.466 e. The number of nitrogens with two attached hydrogens (primary N) is 1. The zero-order chi connectivity index (χ0) is 24.0. The Hall–Kier alpha value is -3.54. The van der Waals surface area contributed by atoms with E-state index in [4.69, 9.17) is 15.0 Å². The van der Waals surface area contributed by atoms with Crippen LogP contribution in [0.25, 0.3) is 0 Å². The number of halogens is 1. The second-order valence-electron chi connectivity index (χ2n) is 8.47. The van der Waals surface area contributed by atoms with E-state index < -0.39 is 11.4 Å². The average Bonchev–Trinajstić information content (AvgIpc) is 3.47. The summed E-state index contributed by atoms with van der Waals surface area (Å²) in [6.07, 6.45) is 3.54. The maximum atomic E-state index is 15.2. The molecule has 1 aliphatic heterocycles. The van der Waals surface area contributed by atoms with Crippen LogP contribution >= 0.6 is 11.8 Å². The lowest BCUT2D eigenvalue weighted by molar-refractivity contribution is 0.102. The molecule has 3 N–H and O–H groups in total. The molecule has 3 heterocycles. The van der Waals surface area contributed by atoms with E-state index in [1.165, 1.54) is 24.2 Å². The molecule has 3 atom stereocenters. The molecule has 176 valence electrons. The molecule has 0 spiro atoms. The number of nitrogens with one attached hydrogen (secondary N) is 1. The van der Waals surface area contributed by atoms with Gasteiger partial charge >= 0.3 is 0 Å². The molecule has 0 bridgehead atoms. The van der Waals surface area contributed by atoms with Gasteiger partial charge in [-0.1, -0.05) is 16.9 Å². The Morgan fingerprint density at radius 3 is 2.88 bits per heavy atom. The zero-order valence-electron chi connectivity index (χ0n) is 18.7. The first-order chi connectivity index (χ1) is 16.2. The monoisotopic (exact) mass is 483 g/mol. The molecule has 0 radical (unpaired) electrons. The van der Waals surface area contributed by atoms with Gasteiger partial charge in [0.15, 0.2) is 17.6 Å². The molecule has 12 heteroatoms. The molecule has 0 saturated heterocycles. The smallest absolute Gasteiger partial charge is 0.275 e. The van der Waals surface area contributed by atoms with Crippen molar-refractivity contribution in [2.75, 3.05) is 5.32 Å². The van der Waals surface area contributed by atoms with Gasteiger partial charge in [0.1, 0.15) is 11.5 Å². The van der Waals surface area contributed by atoms with Gasteiger partial charge in [0.2, 0.25) is 5.88 Å². The van der Waals surface area contributed by atoms with Crippen molar-refractivity contribution in [2.24, 2.45) is 16.6 Å². The number of amides is 1. The van der Waals surface area contributed by atoms with E-state index in [1.807, 2.05) is 6.92 Å². The Balaban J connectivity index is 1.31. The van der Waals surface area contributed by atoms with E-state index in [-0.39, 0.29) is 29.9 Å². The number of aromatic nitrogens is 4. The van der Waals surface area contributed by atoms with Crippen molar-refractivity contribution in [1.29, 1.82) is 0 Å². The summed E-state index contributed by atoms with van der Waals surface area (Å²) in [7, 11) is 0. The molecule has 34 heavy (non-hydrogen) atoms. The standard InChI is InChI=1S/C22H22FN7O3S/c1-10-4-12(5-14(19(10)23)22(3)13-6-16(13)34-21(24)29-22)28-20(31)15-7-26-17(8-25-15)32-9-18-27-11(2)30-33-18/h4-5,7-8,13,16H,6,9H2,1-3H3,(H2,24,29)(H,28,31)/t13-,16+,22+/m1/s1. The minimum Gasteiger partial charge on any atom is -0.466 e. The average molecular weight is 484 g/mol. The van der Waals surface area contributed by atoms with Crippen molar-refractivity contribution in [3.63, 3.8) is 0 Å². The van der Waals surface area contributed by atoms with E-state index in [0.29, 0.717) is 38.9 Å². The van der Waals surface area contributed by atoms with Crippen LogP contribution in [0.4, 0.5) is 10.1 Å². The lowest BCUT2D eigenvalue weighted by Crippen LogP contribution is -2.32. The number of hydrogen-bond donors (Lipinski definition) is 2. The van der Waals surface area contributed by atoms with E-state index in [0.717, 1.165) is 6.42 Å². The van der Waals surface area contributed by atoms with Crippen LogP contribution in [0.5, 0.6) is 5.88 Å². The predicted octanol–water partition coefficient (Wildman–Crippen LogP) is 3.11. The van der Waals surface area contributed by atoms with Gasteiger partial charge < -0.3 is 20.3 Å². The number of anilines is 1. The highest BCUT2D eigenvalue weighted by atomic mass is 32.2. The van der Waals surface area contributed by atoms with Crippen LogP contribution in [0, 0.1) is 25.6 Å². The Bertz CT molecular complexity index is 1300. The first-order valence-electron chi connectivity index (χ1n) is 10.6. The predicted molar refractivity (Wildman–Crippen MR) is 123 cm³/mol. The number of thioether (sulfide) groups is 1. The van der Waals surface area contributed by atoms with Gasteiger partial charge in [-0.2, -0.15) is 4.98 Å². The van der Waals surface area contributed by atoms with Crippen LogP contribution < -0.4 is 15.8 Å². The topological polar surface area (TPSA) is 141 Å². The third-order valence-corrected chi connectivity index (χ3v) is 7.06. The molecule has 1 saturated carbocycles. The summed E-state index contributed by atoms with van der Waals surface area (Å²) in [5.41, 5.74) is 6.58. The van der Waals surface area contributed by atoms with Crippen LogP contribution in [-0.4, -0.2) is 36.4 Å². The second kappa shape index (κ2) is 8.35. The van der Waals surface area contributed by atoms with Gasteiger partial charge in [-0.3, -0.25) is 9.79 Å². The summed E-state index contributed by atoms with van der Waals surface area (Å²) in [5.74, 6) is 0.383. The third kappa shape index (κ3) is 4.20. The summed E-state index contributed by atoms with van der Waals surface area (Å²) in [5, 5.41) is 7.26. The molecule has 1 amide bonds. The summed E-state index contributed by atoms with van der Waals surface area (Å²) in [6.45, 7) is 5.29. The maximum Gasteiger partial charge on any atom is 0.275 e. The number of nitrogens with zero attached hydrogens (tertiary/aromatic N) is 5. The normalized spacial score (nSPS) is 23.1. The van der Waals surface area contributed by atoms with Gasteiger partial charge in [0, 0.05) is 22.4 Å². The fourth-order valence-electron chi connectivity index (χ4n) is 4.09. The number of carbonyl (C=O) groups excluding carboxylic acids is 1. The highest BCUT2D eigenvalue weighted by Gasteiger charge is 2.55. The molecule has 1 aliphatic carbocycles. The molecular formula is C22H22FN7O3S. The number of aliphatic imine (C=N–C) groups is 1. The van der Waals surface area contributed by atoms with Crippen molar-refractivity contribution in [1.82, 2.24) is 20.1 Å². The summed E-state index contributed by atoms with van der Waals surface area (Å²) >= 11 is 1.54. The number of rotatable bonds is 6. The van der Waals surface area contributed by atoms with E-state index in [2.05, 4.69) is 30.4 Å². The van der Waals surface area contributed by atoms with Crippen molar-refractivity contribution >= 4 is 28.5 Å². The van der Waals surface area contributed by atoms with Gasteiger partial charge in [0.05, 0.1) is 17.9 Å². The van der Waals surface area contributed by atoms with Gasteiger partial charge in [-0.05, 0) is 44.9 Å². The van der Waals surface area contributed by atoms with Gasteiger partial charge in [-0.25, -0.2) is 14.4 Å². The molecule has 5 rings (SSSR count). The van der Waals surface area contributed by atoms with Gasteiger partial charge in [0.25, 0.3) is 11.8 Å². The number of carbonyl (C=O) groups is 1. The Morgan fingerprint density at radius 2 is 2.18 bits per heavy atom. The van der Waals surface area contributed by atoms with Crippen LogP contribution in [0.1, 0.15) is 46.7 Å². The van der Waals surface area contributed by atoms with Gasteiger partial charge in [-0.15, -0.1) is 0 Å². The molecule has 2 aliphatic rings. The van der Waals surface area contributed by atoms with E-state index >= 15 is 4.39 Å². The highest BCUT2D eigenvalue weighted by Crippen LogP contribution is 2.58. The Labute approximate surface area is 198 Å². The molecule has 3 aromatic rings. The first kappa shape index (κ1) is 22.3. The van der Waals surface area contributed by atoms with Crippen LogP contribution in [0.3, 0.4) is 0 Å². The summed E-state index contributed by atoms with van der Waals surface area (Å²) in [4.78, 5) is 29.6. The number of benzene rings is 1. The Morgan fingerprint density at radius 1 is 1.35 bits per heavy atom. The number of aryl methyl sites for hydroxylation is 2.